The van der Waals surface area contributed by atoms with Gasteiger partial charge in [-0.25, -0.2) is 17.8 Å². The third-order valence-electron chi connectivity index (χ3n) is 5.70. The molecule has 182 valence electrons. The number of nitrogens with one attached hydrogen (secondary N) is 1. The van der Waals surface area contributed by atoms with Crippen LogP contribution in [0.3, 0.4) is 0 Å². The first-order chi connectivity index (χ1) is 16.7. The summed E-state index contributed by atoms with van der Waals surface area (Å²) in [5.74, 6) is -0.996. The molecule has 1 heterocycles. The first-order valence-corrected chi connectivity index (χ1v) is 12.8. The number of carbonyl (C=O) groups excluding carboxylic acids is 1. The molecule has 2 aromatic carbocycles. The Balaban J connectivity index is 1.60. The summed E-state index contributed by atoms with van der Waals surface area (Å²) in [4.78, 5) is 11.4. The second-order valence-electron chi connectivity index (χ2n) is 8.52. The zero-order chi connectivity index (χ0) is 25.2. The fraction of sp³-hybridized carbons (Fsp3) is 0.320. The molecule has 0 saturated carbocycles. The number of rotatable bonds is 8. The monoisotopic (exact) mass is 494 g/mol. The summed E-state index contributed by atoms with van der Waals surface area (Å²) in [6, 6.07) is 14.7. The van der Waals surface area contributed by atoms with Gasteiger partial charge in [-0.3, -0.25) is 4.79 Å². The minimum Gasteiger partial charge on any atom is -0.490 e. The van der Waals surface area contributed by atoms with Crippen LogP contribution < -0.4 is 9.46 Å². The number of nitriles is 1. The highest BCUT2D eigenvalue weighted by Crippen LogP contribution is 2.37. The van der Waals surface area contributed by atoms with Gasteiger partial charge >= 0.3 is 5.97 Å². The van der Waals surface area contributed by atoms with E-state index in [1.807, 2.05) is 50.4 Å². The minimum atomic E-state index is -3.83. The van der Waals surface area contributed by atoms with Crippen molar-refractivity contribution in [2.24, 2.45) is 0 Å². The number of ether oxygens (including phenoxy) is 2. The van der Waals surface area contributed by atoms with Crippen molar-refractivity contribution in [3.63, 3.8) is 0 Å². The zero-order valence-corrected chi connectivity index (χ0v) is 20.5. The summed E-state index contributed by atoms with van der Waals surface area (Å²) >= 11 is 0. The van der Waals surface area contributed by atoms with Crippen LogP contribution >= 0.6 is 0 Å². The molecule has 10 heteroatoms. The summed E-state index contributed by atoms with van der Waals surface area (Å²) in [6.45, 7) is 3.81. The maximum absolute atomic E-state index is 12.4. The van der Waals surface area contributed by atoms with E-state index in [9.17, 15) is 18.5 Å². The second kappa shape index (κ2) is 9.90. The molecule has 1 aromatic heterocycles. The molecule has 0 aliphatic heterocycles. The fourth-order valence-electron chi connectivity index (χ4n) is 4.21. The van der Waals surface area contributed by atoms with Crippen LogP contribution in [-0.4, -0.2) is 43.1 Å². The normalized spacial score (nSPS) is 15.0. The van der Waals surface area contributed by atoms with E-state index < -0.39 is 27.8 Å². The SMILES string of the molecule is COC(=O)CS(=O)(=O)NC1CCc2c(-c3ccn(-c4ccc(OC(C)C)c(C#N)c4)n3)cccc21. The van der Waals surface area contributed by atoms with Gasteiger partial charge in [-0.15, -0.1) is 0 Å². The van der Waals surface area contributed by atoms with Crippen molar-refractivity contribution in [1.82, 2.24) is 14.5 Å². The lowest BCUT2D eigenvalue weighted by Gasteiger charge is -2.14. The molecule has 1 unspecified atom stereocenters. The van der Waals surface area contributed by atoms with E-state index in [2.05, 4.69) is 15.5 Å². The summed E-state index contributed by atoms with van der Waals surface area (Å²) in [5, 5.41) is 14.2. The van der Waals surface area contributed by atoms with Crippen LogP contribution in [-0.2, 0) is 26.0 Å². The number of esters is 1. The van der Waals surface area contributed by atoms with Gasteiger partial charge in [-0.1, -0.05) is 18.2 Å². The first kappa shape index (κ1) is 24.4. The highest BCUT2D eigenvalue weighted by molar-refractivity contribution is 7.90. The number of carbonyl (C=O) groups is 1. The Hall–Kier alpha value is -3.68. The maximum Gasteiger partial charge on any atom is 0.322 e. The number of hydrogen-bond acceptors (Lipinski definition) is 7. The van der Waals surface area contributed by atoms with Gasteiger partial charge in [0.05, 0.1) is 30.2 Å². The van der Waals surface area contributed by atoms with Crippen LogP contribution in [0.4, 0.5) is 0 Å². The number of methoxy groups -OCH3 is 1. The van der Waals surface area contributed by atoms with Crippen molar-refractivity contribution in [2.45, 2.75) is 38.8 Å². The van der Waals surface area contributed by atoms with Crippen molar-refractivity contribution >= 4 is 16.0 Å². The molecule has 1 aliphatic carbocycles. The van der Waals surface area contributed by atoms with Crippen molar-refractivity contribution in [3.05, 3.63) is 65.4 Å². The number of benzene rings is 2. The van der Waals surface area contributed by atoms with Crippen LogP contribution in [0, 0.1) is 11.3 Å². The molecule has 1 N–H and O–H groups in total. The molecule has 0 saturated heterocycles. The predicted octanol–water partition coefficient (Wildman–Crippen LogP) is 3.28. The third kappa shape index (κ3) is 5.37. The number of fused-ring (bicyclic) bond motifs is 1. The van der Waals surface area contributed by atoms with Crippen molar-refractivity contribution in [1.29, 1.82) is 5.26 Å². The van der Waals surface area contributed by atoms with Crippen LogP contribution in [0.5, 0.6) is 5.75 Å². The Kier molecular flexibility index (Phi) is 6.91. The van der Waals surface area contributed by atoms with E-state index in [4.69, 9.17) is 9.84 Å². The molecule has 9 nitrogen and oxygen atoms in total. The Bertz CT molecular complexity index is 1410. The van der Waals surface area contributed by atoms with Crippen molar-refractivity contribution in [2.75, 3.05) is 12.9 Å². The van der Waals surface area contributed by atoms with Gasteiger partial charge in [-0.2, -0.15) is 10.4 Å². The number of hydrogen-bond donors (Lipinski definition) is 1. The molecule has 35 heavy (non-hydrogen) atoms. The number of nitrogens with zero attached hydrogens (tertiary/aromatic N) is 3. The molecule has 4 rings (SSSR count). The maximum atomic E-state index is 12.4. The van der Waals surface area contributed by atoms with Crippen molar-refractivity contribution < 1.29 is 22.7 Å². The highest BCUT2D eigenvalue weighted by Gasteiger charge is 2.30. The van der Waals surface area contributed by atoms with E-state index in [1.54, 1.807) is 16.8 Å². The van der Waals surface area contributed by atoms with Gasteiger partial charge in [0.15, 0.2) is 5.75 Å². The van der Waals surface area contributed by atoms with Gasteiger partial charge in [0, 0.05) is 17.8 Å². The molecule has 0 amide bonds. The van der Waals surface area contributed by atoms with Gasteiger partial charge in [0.2, 0.25) is 10.0 Å². The van der Waals surface area contributed by atoms with E-state index in [1.165, 1.54) is 0 Å². The smallest absolute Gasteiger partial charge is 0.322 e. The molecule has 3 aromatic rings. The van der Waals surface area contributed by atoms with Crippen LogP contribution in [0.1, 0.15) is 43.0 Å². The Morgan fingerprint density at radius 2 is 2.09 bits per heavy atom. The topological polar surface area (TPSA) is 123 Å². The first-order valence-electron chi connectivity index (χ1n) is 11.2. The molecule has 0 spiro atoms. The van der Waals surface area contributed by atoms with Crippen LogP contribution in [0.2, 0.25) is 0 Å². The number of aromatic nitrogens is 2. The molecule has 0 bridgehead atoms. The van der Waals surface area contributed by atoms with E-state index >= 15 is 0 Å². The molecule has 1 aliphatic rings. The Morgan fingerprint density at radius 3 is 2.80 bits per heavy atom. The second-order valence-corrected chi connectivity index (χ2v) is 10.3. The molecular weight excluding hydrogens is 468 g/mol. The average molecular weight is 495 g/mol. The lowest BCUT2D eigenvalue weighted by Crippen LogP contribution is -2.33. The minimum absolute atomic E-state index is 0.0433. The van der Waals surface area contributed by atoms with Crippen LogP contribution in [0.15, 0.2) is 48.7 Å². The molecule has 1 atom stereocenters. The average Bonchev–Trinajstić information content (AvgIpc) is 3.46. The summed E-state index contributed by atoms with van der Waals surface area (Å²) < 4.78 is 39.2. The lowest BCUT2D eigenvalue weighted by molar-refractivity contribution is -0.137. The van der Waals surface area contributed by atoms with E-state index in [0.29, 0.717) is 24.2 Å². The van der Waals surface area contributed by atoms with E-state index in [0.717, 1.165) is 35.2 Å². The van der Waals surface area contributed by atoms with Gasteiger partial charge in [0.25, 0.3) is 0 Å². The van der Waals surface area contributed by atoms with Gasteiger partial charge in [-0.05, 0) is 62.1 Å². The third-order valence-corrected chi connectivity index (χ3v) is 6.96. The molecule has 0 radical (unpaired) electrons. The Labute approximate surface area is 204 Å². The lowest BCUT2D eigenvalue weighted by atomic mass is 10.0. The molecular formula is C25H26N4O5S. The molecule has 0 fully saturated rings. The van der Waals surface area contributed by atoms with Crippen LogP contribution in [0.25, 0.3) is 16.9 Å². The van der Waals surface area contributed by atoms with E-state index in [-0.39, 0.29) is 6.10 Å². The summed E-state index contributed by atoms with van der Waals surface area (Å²) in [6.07, 6.45) is 3.03. The quantitative estimate of drug-likeness (QED) is 0.477. The highest BCUT2D eigenvalue weighted by atomic mass is 32.2. The van der Waals surface area contributed by atoms with Gasteiger partial charge < -0.3 is 9.47 Å². The standard InChI is InChI=1S/C25H26N4O5S/c1-16(2)34-24-10-7-18(13-17(24)14-26)29-12-11-22(27-29)20-5-4-6-21-19(20)8-9-23(21)28-35(31,32)15-25(30)33-3/h4-7,10-13,16,23,28H,8-9,15H2,1-3H3. The van der Waals surface area contributed by atoms with Crippen molar-refractivity contribution in [3.8, 4) is 28.8 Å². The largest absolute Gasteiger partial charge is 0.490 e. The summed E-state index contributed by atoms with van der Waals surface area (Å²) in [7, 11) is -2.67. The number of sulfonamides is 1. The predicted molar refractivity (Wildman–Crippen MR) is 129 cm³/mol. The Morgan fingerprint density at radius 1 is 1.29 bits per heavy atom. The summed E-state index contributed by atoms with van der Waals surface area (Å²) in [5.41, 5.74) is 4.69. The fourth-order valence-corrected chi connectivity index (χ4v) is 5.39. The zero-order valence-electron chi connectivity index (χ0n) is 19.7. The van der Waals surface area contributed by atoms with Gasteiger partial charge in [0.1, 0.15) is 11.8 Å².